The van der Waals surface area contributed by atoms with Gasteiger partial charge in [0, 0.05) is 23.0 Å². The van der Waals surface area contributed by atoms with Crippen LogP contribution in [-0.4, -0.2) is 23.4 Å². The van der Waals surface area contributed by atoms with Crippen molar-refractivity contribution in [2.24, 2.45) is 0 Å². The monoisotopic (exact) mass is 314 g/mol. The van der Waals surface area contributed by atoms with Crippen molar-refractivity contribution in [1.29, 1.82) is 0 Å². The molecule has 0 unspecified atom stereocenters. The third kappa shape index (κ3) is 3.70. The second kappa shape index (κ2) is 6.67. The fraction of sp³-hybridized carbons (Fsp3) is 0.421. The molecule has 1 fully saturated rings. The highest BCUT2D eigenvalue weighted by molar-refractivity contribution is 5.99. The third-order valence-corrected chi connectivity index (χ3v) is 4.49. The molecule has 1 aromatic heterocycles. The van der Waals surface area contributed by atoms with Crippen LogP contribution < -0.4 is 5.32 Å². The highest BCUT2D eigenvalue weighted by Gasteiger charge is 2.28. The number of aromatic nitrogens is 1. The minimum absolute atomic E-state index is 0.143. The third-order valence-electron chi connectivity index (χ3n) is 4.49. The predicted molar refractivity (Wildman–Crippen MR) is 89.5 cm³/mol. The van der Waals surface area contributed by atoms with Gasteiger partial charge in [-0.05, 0) is 63.4 Å². The van der Waals surface area contributed by atoms with Crippen LogP contribution in [0.15, 0.2) is 30.3 Å². The highest BCUT2D eigenvalue weighted by atomic mass is 19.1. The quantitative estimate of drug-likeness (QED) is 0.626. The number of Topliss-reactive ketones (excluding diaryl/α,β-unsaturated/α-hetero) is 1. The van der Waals surface area contributed by atoms with Crippen molar-refractivity contribution in [3.63, 3.8) is 0 Å². The lowest BCUT2D eigenvalue weighted by atomic mass is 10.1. The molecule has 2 aromatic rings. The Balaban J connectivity index is 1.51. The normalized spacial score (nSPS) is 14.2. The van der Waals surface area contributed by atoms with E-state index in [2.05, 4.69) is 16.8 Å². The fourth-order valence-electron chi connectivity index (χ4n) is 3.13. The number of benzene rings is 1. The van der Waals surface area contributed by atoms with Crippen LogP contribution in [0.3, 0.4) is 0 Å². The van der Waals surface area contributed by atoms with Gasteiger partial charge in [0.15, 0.2) is 5.78 Å². The summed E-state index contributed by atoms with van der Waals surface area (Å²) in [4.78, 5) is 12.4. The number of halogens is 1. The summed E-state index contributed by atoms with van der Waals surface area (Å²) < 4.78 is 15.1. The van der Waals surface area contributed by atoms with Gasteiger partial charge in [-0.1, -0.05) is 12.1 Å². The zero-order valence-corrected chi connectivity index (χ0v) is 13.7. The number of hydrogen-bond acceptors (Lipinski definition) is 2. The van der Waals surface area contributed by atoms with Crippen LogP contribution in [-0.2, 0) is 6.42 Å². The van der Waals surface area contributed by atoms with Crippen LogP contribution in [0, 0.1) is 19.7 Å². The first kappa shape index (κ1) is 15.9. The molecule has 1 aromatic carbocycles. The topological polar surface area (TPSA) is 34.0 Å². The molecule has 1 heterocycles. The standard InChI is InChI=1S/C19H23FN2O/c1-13-11-18(14(2)22(13)17-7-8-17)19(23)12-21-10-9-15-3-5-16(20)6-4-15/h3-6,11,17,21H,7-10,12H2,1-2H3. The van der Waals surface area contributed by atoms with E-state index >= 15 is 0 Å². The van der Waals surface area contributed by atoms with Gasteiger partial charge in [0.2, 0.25) is 0 Å². The number of aryl methyl sites for hydroxylation is 1. The molecule has 0 spiro atoms. The second-order valence-electron chi connectivity index (χ2n) is 6.36. The minimum Gasteiger partial charge on any atom is -0.345 e. The lowest BCUT2D eigenvalue weighted by Gasteiger charge is -2.08. The van der Waals surface area contributed by atoms with Gasteiger partial charge in [0.1, 0.15) is 5.82 Å². The van der Waals surface area contributed by atoms with Crippen LogP contribution in [0.2, 0.25) is 0 Å². The Bertz CT molecular complexity index is 699. The smallest absolute Gasteiger partial charge is 0.178 e. The summed E-state index contributed by atoms with van der Waals surface area (Å²) in [6, 6.07) is 9.10. The number of nitrogens with one attached hydrogen (secondary N) is 1. The van der Waals surface area contributed by atoms with Crippen molar-refractivity contribution >= 4 is 5.78 Å². The van der Waals surface area contributed by atoms with Crippen LogP contribution in [0.4, 0.5) is 4.39 Å². The number of ketones is 1. The van der Waals surface area contributed by atoms with Gasteiger partial charge in [0.25, 0.3) is 0 Å². The average molecular weight is 314 g/mol. The van der Waals surface area contributed by atoms with Crippen molar-refractivity contribution in [3.05, 3.63) is 58.7 Å². The van der Waals surface area contributed by atoms with Crippen molar-refractivity contribution in [2.45, 2.75) is 39.2 Å². The largest absolute Gasteiger partial charge is 0.345 e. The van der Waals surface area contributed by atoms with E-state index in [9.17, 15) is 9.18 Å². The van der Waals surface area contributed by atoms with E-state index in [1.807, 2.05) is 13.0 Å². The highest BCUT2D eigenvalue weighted by Crippen LogP contribution is 2.38. The molecule has 4 heteroatoms. The number of rotatable bonds is 7. The van der Waals surface area contributed by atoms with Crippen molar-refractivity contribution in [3.8, 4) is 0 Å². The van der Waals surface area contributed by atoms with Crippen molar-refractivity contribution < 1.29 is 9.18 Å². The minimum atomic E-state index is -0.220. The first-order valence-electron chi connectivity index (χ1n) is 8.23. The maximum Gasteiger partial charge on any atom is 0.178 e. The molecule has 0 atom stereocenters. The summed E-state index contributed by atoms with van der Waals surface area (Å²) in [5.41, 5.74) is 4.18. The zero-order valence-electron chi connectivity index (χ0n) is 13.7. The molecule has 1 saturated carbocycles. The molecule has 122 valence electrons. The Labute approximate surface area is 136 Å². The molecular weight excluding hydrogens is 291 g/mol. The lowest BCUT2D eigenvalue weighted by Crippen LogP contribution is -2.25. The maximum atomic E-state index is 12.8. The molecule has 0 bridgehead atoms. The van der Waals surface area contributed by atoms with Crippen molar-refractivity contribution in [1.82, 2.24) is 9.88 Å². The maximum absolute atomic E-state index is 12.8. The van der Waals surface area contributed by atoms with Gasteiger partial charge in [0.05, 0.1) is 6.54 Å². The van der Waals surface area contributed by atoms with E-state index < -0.39 is 0 Å². The lowest BCUT2D eigenvalue weighted by molar-refractivity contribution is 0.0990. The Morgan fingerprint density at radius 2 is 1.96 bits per heavy atom. The van der Waals surface area contributed by atoms with Gasteiger partial charge in [-0.3, -0.25) is 4.79 Å². The second-order valence-corrected chi connectivity index (χ2v) is 6.36. The van der Waals surface area contributed by atoms with Gasteiger partial charge in [-0.2, -0.15) is 0 Å². The van der Waals surface area contributed by atoms with E-state index in [4.69, 9.17) is 0 Å². The SMILES string of the molecule is Cc1cc(C(=O)CNCCc2ccc(F)cc2)c(C)n1C1CC1. The summed E-state index contributed by atoms with van der Waals surface area (Å²) in [5, 5.41) is 3.19. The predicted octanol–water partition coefficient (Wildman–Crippen LogP) is 3.59. The van der Waals surface area contributed by atoms with Gasteiger partial charge < -0.3 is 9.88 Å². The summed E-state index contributed by atoms with van der Waals surface area (Å²) in [5.74, 6) is -0.0768. The van der Waals surface area contributed by atoms with Crippen LogP contribution >= 0.6 is 0 Å². The molecule has 3 rings (SSSR count). The fourth-order valence-corrected chi connectivity index (χ4v) is 3.13. The molecule has 3 nitrogen and oxygen atoms in total. The van der Waals surface area contributed by atoms with Gasteiger partial charge in [-0.15, -0.1) is 0 Å². The Morgan fingerprint density at radius 1 is 1.26 bits per heavy atom. The summed E-state index contributed by atoms with van der Waals surface area (Å²) in [7, 11) is 0. The van der Waals surface area contributed by atoms with E-state index in [-0.39, 0.29) is 11.6 Å². The average Bonchev–Trinajstić information content (AvgIpc) is 3.31. The number of carbonyl (C=O) groups excluding carboxylic acids is 1. The molecule has 0 aliphatic heterocycles. The molecular formula is C19H23FN2O. The molecule has 0 saturated heterocycles. The van der Waals surface area contributed by atoms with E-state index in [0.29, 0.717) is 19.1 Å². The first-order valence-corrected chi connectivity index (χ1v) is 8.23. The molecule has 23 heavy (non-hydrogen) atoms. The van der Waals surface area contributed by atoms with Gasteiger partial charge in [-0.25, -0.2) is 4.39 Å². The number of hydrogen-bond donors (Lipinski definition) is 1. The first-order chi connectivity index (χ1) is 11.1. The van der Waals surface area contributed by atoms with E-state index in [1.165, 1.54) is 30.7 Å². The van der Waals surface area contributed by atoms with Crippen LogP contribution in [0.5, 0.6) is 0 Å². The van der Waals surface area contributed by atoms with Gasteiger partial charge >= 0.3 is 0 Å². The van der Waals surface area contributed by atoms with Crippen LogP contribution in [0.25, 0.3) is 0 Å². The Morgan fingerprint density at radius 3 is 2.61 bits per heavy atom. The van der Waals surface area contributed by atoms with Crippen LogP contribution in [0.1, 0.15) is 46.2 Å². The molecule has 0 radical (unpaired) electrons. The Hall–Kier alpha value is -1.94. The van der Waals surface area contributed by atoms with E-state index in [1.54, 1.807) is 12.1 Å². The number of nitrogens with zero attached hydrogens (tertiary/aromatic N) is 1. The summed E-state index contributed by atoms with van der Waals surface area (Å²) in [6.07, 6.45) is 3.23. The van der Waals surface area contributed by atoms with E-state index in [0.717, 1.165) is 23.2 Å². The molecule has 1 aliphatic carbocycles. The summed E-state index contributed by atoms with van der Waals surface area (Å²) >= 11 is 0. The molecule has 0 amide bonds. The van der Waals surface area contributed by atoms with Crippen molar-refractivity contribution in [2.75, 3.05) is 13.1 Å². The zero-order chi connectivity index (χ0) is 16.4. The Kier molecular flexibility index (Phi) is 4.62. The molecule has 1 N–H and O–H groups in total. The number of carbonyl (C=O) groups is 1. The summed E-state index contributed by atoms with van der Waals surface area (Å²) in [6.45, 7) is 5.16. The molecule has 1 aliphatic rings.